The summed E-state index contributed by atoms with van der Waals surface area (Å²) in [6.45, 7) is 1.63. The fraction of sp³-hybridized carbons (Fsp3) is 0.235. The van der Waals surface area contributed by atoms with Gasteiger partial charge < -0.3 is 15.0 Å². The maximum Gasteiger partial charge on any atom is 0.340 e. The first-order valence-corrected chi connectivity index (χ1v) is 9.99. The van der Waals surface area contributed by atoms with Crippen molar-refractivity contribution in [2.24, 2.45) is 4.40 Å². The monoisotopic (exact) mass is 409 g/mol. The predicted octanol–water partition coefficient (Wildman–Crippen LogP) is 1.71. The molecule has 0 aliphatic carbocycles. The van der Waals surface area contributed by atoms with Crippen LogP contribution in [0.15, 0.2) is 52.6 Å². The number of halogens is 1. The van der Waals surface area contributed by atoms with Crippen LogP contribution in [0.3, 0.4) is 0 Å². The average Bonchev–Trinajstić information content (AvgIpc) is 2.62. The zero-order valence-corrected chi connectivity index (χ0v) is 15.8. The van der Waals surface area contributed by atoms with Crippen LogP contribution in [0.2, 0.25) is 5.02 Å². The topological polar surface area (TPSA) is 105 Å². The molecule has 0 spiro atoms. The third-order valence-electron chi connectivity index (χ3n) is 3.84. The van der Waals surface area contributed by atoms with Gasteiger partial charge in [0.15, 0.2) is 6.10 Å². The third kappa shape index (κ3) is 4.55. The molecular formula is C17H16ClN3O5S. The molecule has 2 aliphatic rings. The standard InChI is InChI=1S/C17H16ClN3O5S/c1-11(16(22)19-14-5-3-2-4-13(14)18)26-17(23)12-6-7-15-20-27(24,25)9-8-21(15)10-12/h2-7,10-11H,8-9H2,1H3,(H,19,22). The largest absolute Gasteiger partial charge is 0.449 e. The number of fused-ring (bicyclic) bond motifs is 1. The van der Waals surface area contributed by atoms with Crippen molar-refractivity contribution in [2.45, 2.75) is 13.0 Å². The molecule has 0 bridgehead atoms. The first kappa shape index (κ1) is 19.1. The molecule has 0 radical (unpaired) electrons. The summed E-state index contributed by atoms with van der Waals surface area (Å²) in [7, 11) is -3.47. The fourth-order valence-corrected chi connectivity index (χ4v) is 3.55. The molecule has 142 valence electrons. The van der Waals surface area contributed by atoms with E-state index in [1.165, 1.54) is 25.3 Å². The van der Waals surface area contributed by atoms with Crippen molar-refractivity contribution in [3.05, 3.63) is 53.2 Å². The quantitative estimate of drug-likeness (QED) is 0.759. The Hall–Kier alpha value is -2.65. The smallest absolute Gasteiger partial charge is 0.340 e. The highest BCUT2D eigenvalue weighted by Gasteiger charge is 2.27. The number of para-hydroxylation sites is 1. The second-order valence-corrected chi connectivity index (χ2v) is 8.03. The van der Waals surface area contributed by atoms with Crippen molar-refractivity contribution in [2.75, 3.05) is 17.6 Å². The average molecular weight is 410 g/mol. The van der Waals surface area contributed by atoms with Gasteiger partial charge in [0.25, 0.3) is 15.9 Å². The van der Waals surface area contributed by atoms with Gasteiger partial charge in [-0.15, -0.1) is 4.40 Å². The number of esters is 1. The molecule has 0 saturated carbocycles. The lowest BCUT2D eigenvalue weighted by atomic mass is 10.2. The van der Waals surface area contributed by atoms with Crippen molar-refractivity contribution >= 4 is 45.0 Å². The Morgan fingerprint density at radius 2 is 2.04 bits per heavy atom. The second kappa shape index (κ2) is 7.53. The number of nitrogens with one attached hydrogen (secondary N) is 1. The number of amidine groups is 1. The van der Waals surface area contributed by atoms with Crippen molar-refractivity contribution in [3.8, 4) is 0 Å². The van der Waals surface area contributed by atoms with E-state index in [4.69, 9.17) is 16.3 Å². The van der Waals surface area contributed by atoms with Gasteiger partial charge in [-0.05, 0) is 31.2 Å². The van der Waals surface area contributed by atoms with Gasteiger partial charge >= 0.3 is 5.97 Å². The SMILES string of the molecule is CC(OC(=O)C1=CN2CCS(=O)(=O)N=C2C=C1)C(=O)Nc1ccccc1Cl. The Bertz CT molecular complexity index is 984. The van der Waals surface area contributed by atoms with Crippen LogP contribution in [0.1, 0.15) is 6.92 Å². The molecule has 27 heavy (non-hydrogen) atoms. The molecule has 1 atom stereocenters. The van der Waals surface area contributed by atoms with Crippen LogP contribution in [0.5, 0.6) is 0 Å². The Balaban J connectivity index is 1.64. The first-order chi connectivity index (χ1) is 12.7. The molecule has 1 aromatic rings. The van der Waals surface area contributed by atoms with E-state index in [2.05, 4.69) is 9.71 Å². The van der Waals surface area contributed by atoms with Gasteiger partial charge in [0.2, 0.25) is 0 Å². The number of carbonyl (C=O) groups is 2. The molecule has 1 N–H and O–H groups in total. The van der Waals surface area contributed by atoms with Crippen LogP contribution in [0.4, 0.5) is 5.69 Å². The van der Waals surface area contributed by atoms with Crippen LogP contribution in [0, 0.1) is 0 Å². The van der Waals surface area contributed by atoms with E-state index in [1.807, 2.05) is 0 Å². The Morgan fingerprint density at radius 3 is 2.78 bits per heavy atom. The number of benzene rings is 1. The van der Waals surface area contributed by atoms with Gasteiger partial charge in [-0.25, -0.2) is 13.2 Å². The van der Waals surface area contributed by atoms with Gasteiger partial charge in [0.05, 0.1) is 22.0 Å². The van der Waals surface area contributed by atoms with Crippen LogP contribution in [-0.2, 0) is 24.3 Å². The van der Waals surface area contributed by atoms with Crippen LogP contribution < -0.4 is 5.32 Å². The van der Waals surface area contributed by atoms with E-state index < -0.39 is 28.0 Å². The Kier molecular flexibility index (Phi) is 5.33. The summed E-state index contributed by atoms with van der Waals surface area (Å²) in [4.78, 5) is 26.1. The third-order valence-corrected chi connectivity index (χ3v) is 5.34. The number of sulfonamides is 1. The van der Waals surface area contributed by atoms with Gasteiger partial charge in [-0.1, -0.05) is 23.7 Å². The van der Waals surface area contributed by atoms with E-state index in [0.717, 1.165) is 0 Å². The molecule has 3 rings (SSSR count). The minimum atomic E-state index is -3.47. The summed E-state index contributed by atoms with van der Waals surface area (Å²) in [5.74, 6) is -1.13. The van der Waals surface area contributed by atoms with Crippen LogP contribution in [0.25, 0.3) is 0 Å². The minimum absolute atomic E-state index is 0.139. The first-order valence-electron chi connectivity index (χ1n) is 8.01. The zero-order chi connectivity index (χ0) is 19.6. The van der Waals surface area contributed by atoms with Crippen molar-refractivity contribution in [1.29, 1.82) is 0 Å². The van der Waals surface area contributed by atoms with E-state index >= 15 is 0 Å². The Morgan fingerprint density at radius 1 is 1.30 bits per heavy atom. The summed E-state index contributed by atoms with van der Waals surface area (Å²) in [5, 5.41) is 2.96. The highest BCUT2D eigenvalue weighted by molar-refractivity contribution is 7.90. The zero-order valence-electron chi connectivity index (χ0n) is 14.3. The maximum absolute atomic E-state index is 12.3. The van der Waals surface area contributed by atoms with Crippen LogP contribution in [-0.4, -0.2) is 49.4 Å². The van der Waals surface area contributed by atoms with Crippen molar-refractivity contribution in [3.63, 3.8) is 0 Å². The van der Waals surface area contributed by atoms with Gasteiger partial charge in [0.1, 0.15) is 5.84 Å². The van der Waals surface area contributed by atoms with E-state index in [9.17, 15) is 18.0 Å². The van der Waals surface area contributed by atoms with Crippen LogP contribution >= 0.6 is 11.6 Å². The number of carbonyl (C=O) groups excluding carboxylic acids is 2. The number of amides is 1. The lowest BCUT2D eigenvalue weighted by Gasteiger charge is -2.27. The summed E-state index contributed by atoms with van der Waals surface area (Å²) in [6.07, 6.45) is 3.22. The van der Waals surface area contributed by atoms with E-state index in [0.29, 0.717) is 10.7 Å². The van der Waals surface area contributed by atoms with Gasteiger partial charge in [-0.2, -0.15) is 0 Å². The highest BCUT2D eigenvalue weighted by atomic mass is 35.5. The number of anilines is 1. The van der Waals surface area contributed by atoms with Crippen molar-refractivity contribution < 1.29 is 22.7 Å². The Labute approximate surface area is 161 Å². The normalized spacial score (nSPS) is 18.7. The molecule has 2 aliphatic heterocycles. The number of rotatable bonds is 4. The van der Waals surface area contributed by atoms with E-state index in [-0.39, 0.29) is 23.7 Å². The summed E-state index contributed by atoms with van der Waals surface area (Å²) in [5.41, 5.74) is 0.602. The van der Waals surface area contributed by atoms with Crippen molar-refractivity contribution in [1.82, 2.24) is 4.90 Å². The molecule has 8 nitrogen and oxygen atoms in total. The van der Waals surface area contributed by atoms with E-state index in [1.54, 1.807) is 29.2 Å². The van der Waals surface area contributed by atoms with Gasteiger partial charge in [0, 0.05) is 12.7 Å². The molecule has 1 unspecified atom stereocenters. The number of ether oxygens (including phenoxy) is 1. The lowest BCUT2D eigenvalue weighted by Crippen LogP contribution is -2.37. The number of nitrogens with zero attached hydrogens (tertiary/aromatic N) is 2. The predicted molar refractivity (Wildman–Crippen MR) is 101 cm³/mol. The molecule has 0 fully saturated rings. The summed E-state index contributed by atoms with van der Waals surface area (Å²) in [6, 6.07) is 6.70. The fourth-order valence-electron chi connectivity index (χ4n) is 2.40. The molecule has 2 heterocycles. The molecule has 1 aromatic carbocycles. The second-order valence-electron chi connectivity index (χ2n) is 5.86. The van der Waals surface area contributed by atoms with Gasteiger partial charge in [-0.3, -0.25) is 4.79 Å². The molecule has 10 heteroatoms. The number of hydrogen-bond donors (Lipinski definition) is 1. The number of hydrogen-bond acceptors (Lipinski definition) is 6. The molecular weight excluding hydrogens is 394 g/mol. The molecule has 1 amide bonds. The lowest BCUT2D eigenvalue weighted by molar-refractivity contribution is -0.149. The molecule has 0 saturated heterocycles. The summed E-state index contributed by atoms with van der Waals surface area (Å²) < 4.78 is 31.8. The molecule has 0 aromatic heterocycles. The maximum atomic E-state index is 12.3. The highest BCUT2D eigenvalue weighted by Crippen LogP contribution is 2.21. The summed E-state index contributed by atoms with van der Waals surface area (Å²) >= 11 is 5.99. The minimum Gasteiger partial charge on any atom is -0.449 e.